The minimum Gasteiger partial charge on any atom is -0.356 e. The molecule has 1 saturated carbocycles. The number of hydrogen-bond donors (Lipinski definition) is 2. The Kier molecular flexibility index (Phi) is 5.34. The molecule has 4 rings (SSSR count). The molecule has 0 aromatic carbocycles. The number of aliphatic imine (C=N–C) groups is 1. The van der Waals surface area contributed by atoms with Gasteiger partial charge >= 0.3 is 0 Å². The molecule has 1 saturated heterocycles. The van der Waals surface area contributed by atoms with Gasteiger partial charge in [-0.3, -0.25) is 9.39 Å². The lowest BCUT2D eigenvalue weighted by Gasteiger charge is -2.33. The summed E-state index contributed by atoms with van der Waals surface area (Å²) in [6.45, 7) is 3.32. The van der Waals surface area contributed by atoms with Crippen LogP contribution in [0, 0.1) is 0 Å². The first-order chi connectivity index (χ1) is 12.8. The molecule has 26 heavy (non-hydrogen) atoms. The highest BCUT2D eigenvalue weighted by molar-refractivity contribution is 5.79. The Labute approximate surface area is 154 Å². The monoisotopic (exact) mass is 355 g/mol. The van der Waals surface area contributed by atoms with Gasteiger partial charge in [0.25, 0.3) is 0 Å². The second-order valence-corrected chi connectivity index (χ2v) is 7.33. The summed E-state index contributed by atoms with van der Waals surface area (Å²) in [7, 11) is 1.85. The molecular weight excluding hydrogens is 326 g/mol. The van der Waals surface area contributed by atoms with E-state index in [1.54, 1.807) is 0 Å². The van der Waals surface area contributed by atoms with Crippen molar-refractivity contribution in [1.29, 1.82) is 0 Å². The number of rotatable bonds is 6. The Morgan fingerprint density at radius 1 is 1.19 bits per heavy atom. The third kappa shape index (κ3) is 4.15. The van der Waals surface area contributed by atoms with E-state index in [1.807, 2.05) is 31.4 Å². The van der Waals surface area contributed by atoms with Crippen LogP contribution in [0.3, 0.4) is 0 Å². The third-order valence-electron chi connectivity index (χ3n) is 5.41. The maximum Gasteiger partial charge on any atom is 0.191 e. The Balaban J connectivity index is 1.18. The number of nitrogens with one attached hydrogen (secondary N) is 2. The van der Waals surface area contributed by atoms with E-state index in [2.05, 4.69) is 35.1 Å². The van der Waals surface area contributed by atoms with Crippen molar-refractivity contribution in [2.75, 3.05) is 26.7 Å². The summed E-state index contributed by atoms with van der Waals surface area (Å²) in [5.41, 5.74) is 0.908. The van der Waals surface area contributed by atoms with Crippen molar-refractivity contribution in [2.45, 2.75) is 50.6 Å². The number of pyridine rings is 1. The van der Waals surface area contributed by atoms with Gasteiger partial charge in [-0.1, -0.05) is 6.07 Å². The zero-order chi connectivity index (χ0) is 17.8. The SMILES string of the molecule is CN=C(NCCCc1nnc2ccccn12)NC1CCN(C2CC2)CC1. The molecule has 0 amide bonds. The molecule has 2 fully saturated rings. The molecule has 7 nitrogen and oxygen atoms in total. The van der Waals surface area contributed by atoms with Gasteiger partial charge in [0, 0.05) is 51.4 Å². The molecule has 0 radical (unpaired) electrons. The van der Waals surface area contributed by atoms with Crippen molar-refractivity contribution in [3.63, 3.8) is 0 Å². The molecular formula is C19H29N7. The van der Waals surface area contributed by atoms with E-state index in [0.29, 0.717) is 6.04 Å². The van der Waals surface area contributed by atoms with Gasteiger partial charge < -0.3 is 15.5 Å². The smallest absolute Gasteiger partial charge is 0.191 e. The maximum absolute atomic E-state index is 4.38. The quantitative estimate of drug-likeness (QED) is 0.466. The predicted octanol–water partition coefficient (Wildman–Crippen LogP) is 1.45. The molecule has 2 aromatic rings. The minimum absolute atomic E-state index is 0.539. The van der Waals surface area contributed by atoms with Crippen molar-refractivity contribution < 1.29 is 0 Å². The number of likely N-dealkylation sites (tertiary alicyclic amines) is 1. The molecule has 3 heterocycles. The predicted molar refractivity (Wildman–Crippen MR) is 103 cm³/mol. The zero-order valence-electron chi connectivity index (χ0n) is 15.6. The molecule has 0 unspecified atom stereocenters. The molecule has 0 atom stereocenters. The molecule has 2 aliphatic rings. The molecule has 0 spiro atoms. The summed E-state index contributed by atoms with van der Waals surface area (Å²) in [6.07, 6.45) is 9.15. The minimum atomic E-state index is 0.539. The van der Waals surface area contributed by atoms with Gasteiger partial charge in [-0.15, -0.1) is 10.2 Å². The summed E-state index contributed by atoms with van der Waals surface area (Å²) in [5.74, 6) is 1.93. The van der Waals surface area contributed by atoms with Crippen LogP contribution in [0.15, 0.2) is 29.4 Å². The average Bonchev–Trinajstić information content (AvgIpc) is 3.45. The Morgan fingerprint density at radius 3 is 2.81 bits per heavy atom. The third-order valence-corrected chi connectivity index (χ3v) is 5.41. The first-order valence-corrected chi connectivity index (χ1v) is 9.83. The van der Waals surface area contributed by atoms with Crippen LogP contribution >= 0.6 is 0 Å². The summed E-state index contributed by atoms with van der Waals surface area (Å²) >= 11 is 0. The van der Waals surface area contributed by atoms with Crippen molar-refractivity contribution in [1.82, 2.24) is 30.1 Å². The number of aromatic nitrogens is 3. The maximum atomic E-state index is 4.38. The fourth-order valence-corrected chi connectivity index (χ4v) is 3.75. The number of guanidine groups is 1. The first-order valence-electron chi connectivity index (χ1n) is 9.83. The van der Waals surface area contributed by atoms with E-state index in [1.165, 1.54) is 38.8 Å². The number of fused-ring (bicyclic) bond motifs is 1. The Hall–Kier alpha value is -2.15. The van der Waals surface area contributed by atoms with E-state index in [-0.39, 0.29) is 0 Å². The molecule has 140 valence electrons. The van der Waals surface area contributed by atoms with Crippen LogP contribution in [0.2, 0.25) is 0 Å². The molecule has 0 bridgehead atoms. The Morgan fingerprint density at radius 2 is 2.04 bits per heavy atom. The van der Waals surface area contributed by atoms with E-state index < -0.39 is 0 Å². The van der Waals surface area contributed by atoms with Gasteiger partial charge in [0.2, 0.25) is 0 Å². The van der Waals surface area contributed by atoms with Crippen LogP contribution in [0.1, 0.15) is 37.9 Å². The van der Waals surface area contributed by atoms with Crippen LogP contribution < -0.4 is 10.6 Å². The van der Waals surface area contributed by atoms with Gasteiger partial charge in [0.05, 0.1) is 0 Å². The molecule has 7 heteroatoms. The fraction of sp³-hybridized carbons (Fsp3) is 0.632. The van der Waals surface area contributed by atoms with Gasteiger partial charge in [-0.05, 0) is 44.2 Å². The standard InChI is InChI=1S/C19H29N7/c1-20-19(22-15-9-13-25(14-10-15)16-7-8-16)21-11-4-6-18-24-23-17-5-2-3-12-26(17)18/h2-3,5,12,15-16H,4,6-11,13-14H2,1H3,(H2,20,21,22). The highest BCUT2D eigenvalue weighted by atomic mass is 15.2. The van der Waals surface area contributed by atoms with Gasteiger partial charge in [-0.25, -0.2) is 0 Å². The van der Waals surface area contributed by atoms with E-state index in [0.717, 1.165) is 42.9 Å². The summed E-state index contributed by atoms with van der Waals surface area (Å²) in [4.78, 5) is 7.03. The average molecular weight is 355 g/mol. The first kappa shape index (κ1) is 17.3. The second kappa shape index (κ2) is 8.03. The normalized spacial score (nSPS) is 19.8. The number of aryl methyl sites for hydroxylation is 1. The van der Waals surface area contributed by atoms with Gasteiger partial charge in [0.15, 0.2) is 11.6 Å². The van der Waals surface area contributed by atoms with Crippen LogP contribution in [0.5, 0.6) is 0 Å². The highest BCUT2D eigenvalue weighted by Gasteiger charge is 2.31. The molecule has 1 aliphatic carbocycles. The van der Waals surface area contributed by atoms with Crippen molar-refractivity contribution in [3.05, 3.63) is 30.2 Å². The van der Waals surface area contributed by atoms with E-state index in [4.69, 9.17) is 0 Å². The van der Waals surface area contributed by atoms with Crippen LogP contribution in [-0.2, 0) is 6.42 Å². The number of nitrogens with zero attached hydrogens (tertiary/aromatic N) is 5. The lowest BCUT2D eigenvalue weighted by atomic mass is 10.1. The molecule has 2 aromatic heterocycles. The zero-order valence-corrected chi connectivity index (χ0v) is 15.6. The lowest BCUT2D eigenvalue weighted by Crippen LogP contribution is -2.49. The topological polar surface area (TPSA) is 69.8 Å². The summed E-state index contributed by atoms with van der Waals surface area (Å²) in [6, 6.07) is 7.41. The van der Waals surface area contributed by atoms with Crippen molar-refractivity contribution in [3.8, 4) is 0 Å². The van der Waals surface area contributed by atoms with Gasteiger partial charge in [0.1, 0.15) is 5.82 Å². The highest BCUT2D eigenvalue weighted by Crippen LogP contribution is 2.29. The van der Waals surface area contributed by atoms with Gasteiger partial charge in [-0.2, -0.15) is 0 Å². The number of piperidine rings is 1. The van der Waals surface area contributed by atoms with E-state index in [9.17, 15) is 0 Å². The van der Waals surface area contributed by atoms with Crippen molar-refractivity contribution in [2.24, 2.45) is 4.99 Å². The summed E-state index contributed by atoms with van der Waals surface area (Å²) in [5, 5.41) is 15.5. The van der Waals surface area contributed by atoms with E-state index >= 15 is 0 Å². The second-order valence-electron chi connectivity index (χ2n) is 7.33. The van der Waals surface area contributed by atoms with Crippen LogP contribution in [0.4, 0.5) is 0 Å². The summed E-state index contributed by atoms with van der Waals surface area (Å²) < 4.78 is 2.06. The fourth-order valence-electron chi connectivity index (χ4n) is 3.75. The van der Waals surface area contributed by atoms with Crippen LogP contribution in [0.25, 0.3) is 5.65 Å². The molecule has 1 aliphatic heterocycles. The largest absolute Gasteiger partial charge is 0.356 e. The number of hydrogen-bond acceptors (Lipinski definition) is 4. The van der Waals surface area contributed by atoms with Crippen molar-refractivity contribution >= 4 is 11.6 Å². The Bertz CT molecular complexity index is 741. The lowest BCUT2D eigenvalue weighted by molar-refractivity contribution is 0.197. The van der Waals surface area contributed by atoms with Crippen LogP contribution in [-0.4, -0.2) is 64.2 Å². The molecule has 2 N–H and O–H groups in total.